The first kappa shape index (κ1) is 16.6. The molecule has 0 aromatic heterocycles. The highest BCUT2D eigenvalue weighted by atomic mass is 16.4. The molecule has 2 N–H and O–H groups in total. The van der Waals surface area contributed by atoms with E-state index in [-0.39, 0.29) is 17.9 Å². The Balaban J connectivity index is 1.58. The molecule has 0 spiro atoms. The predicted molar refractivity (Wildman–Crippen MR) is 93.5 cm³/mol. The van der Waals surface area contributed by atoms with Crippen molar-refractivity contribution in [3.8, 4) is 0 Å². The fraction of sp³-hybridized carbons (Fsp3) is 0.857. The van der Waals surface area contributed by atoms with E-state index in [2.05, 4.69) is 19.9 Å². The van der Waals surface area contributed by atoms with Crippen molar-refractivity contribution < 1.29 is 15.0 Å². The highest BCUT2D eigenvalue weighted by Gasteiger charge is 2.59. The Kier molecular flexibility index (Phi) is 3.87. The number of hydrogen-bond donors (Lipinski definition) is 2. The Labute approximate surface area is 145 Å². The molecule has 0 radical (unpaired) electrons. The molecule has 3 nitrogen and oxygen atoms in total. The minimum atomic E-state index is -0.688. The van der Waals surface area contributed by atoms with Gasteiger partial charge in [0.25, 0.3) is 0 Å². The molecule has 3 heteroatoms. The average Bonchev–Trinajstić information content (AvgIpc) is 2.83. The van der Waals surface area contributed by atoms with Gasteiger partial charge in [-0.1, -0.05) is 25.5 Å². The van der Waals surface area contributed by atoms with Gasteiger partial charge in [0.15, 0.2) is 0 Å². The van der Waals surface area contributed by atoms with Gasteiger partial charge in [0.05, 0.1) is 12.5 Å². The van der Waals surface area contributed by atoms with Crippen LogP contribution < -0.4 is 0 Å². The standard InChI is InChI=1S/C21H32O3/c1-20-9-7-13(12-19(23)24)11-14(20)3-4-15-16-5-6-18(22)21(16,2)10-8-17(15)20/h7,14-18,22H,3-6,8-12H2,1-2H3,(H,23,24)/t14-,15-,16+,17+,18-,20-,21-/m0/s1. The second kappa shape index (κ2) is 5.59. The number of allylic oxidation sites excluding steroid dienone is 1. The molecule has 4 aliphatic rings. The number of hydrogen-bond acceptors (Lipinski definition) is 2. The summed E-state index contributed by atoms with van der Waals surface area (Å²) >= 11 is 0. The Morgan fingerprint density at radius 2 is 1.88 bits per heavy atom. The van der Waals surface area contributed by atoms with Crippen LogP contribution in [0.5, 0.6) is 0 Å². The third kappa shape index (κ3) is 2.30. The Morgan fingerprint density at radius 1 is 1.12 bits per heavy atom. The van der Waals surface area contributed by atoms with Crippen LogP contribution in [0.25, 0.3) is 0 Å². The molecule has 7 atom stereocenters. The van der Waals surface area contributed by atoms with E-state index in [0.717, 1.165) is 36.7 Å². The number of rotatable bonds is 2. The van der Waals surface area contributed by atoms with Crippen molar-refractivity contribution in [3.63, 3.8) is 0 Å². The molecular weight excluding hydrogens is 300 g/mol. The Morgan fingerprint density at radius 3 is 2.62 bits per heavy atom. The third-order valence-electron chi connectivity index (χ3n) is 8.73. The number of carboxylic acid groups (broad SMARTS) is 1. The molecule has 3 fully saturated rings. The zero-order valence-corrected chi connectivity index (χ0v) is 15.1. The molecule has 24 heavy (non-hydrogen) atoms. The second-order valence-electron chi connectivity index (χ2n) is 9.64. The van der Waals surface area contributed by atoms with Gasteiger partial charge in [0.2, 0.25) is 0 Å². The van der Waals surface area contributed by atoms with E-state index in [9.17, 15) is 9.90 Å². The van der Waals surface area contributed by atoms with Crippen LogP contribution in [0.3, 0.4) is 0 Å². The van der Waals surface area contributed by atoms with E-state index in [4.69, 9.17) is 5.11 Å². The topological polar surface area (TPSA) is 57.5 Å². The van der Waals surface area contributed by atoms with Gasteiger partial charge in [0.1, 0.15) is 0 Å². The first-order chi connectivity index (χ1) is 11.3. The van der Waals surface area contributed by atoms with Gasteiger partial charge in [0, 0.05) is 0 Å². The summed E-state index contributed by atoms with van der Waals surface area (Å²) in [5, 5.41) is 19.6. The van der Waals surface area contributed by atoms with Crippen molar-refractivity contribution in [2.24, 2.45) is 34.5 Å². The molecule has 0 aromatic rings. The molecule has 0 aliphatic heterocycles. The first-order valence-corrected chi connectivity index (χ1v) is 9.92. The lowest BCUT2D eigenvalue weighted by atomic mass is 9.45. The highest BCUT2D eigenvalue weighted by molar-refractivity contribution is 5.70. The fourth-order valence-electron chi connectivity index (χ4n) is 7.26. The van der Waals surface area contributed by atoms with E-state index < -0.39 is 5.97 Å². The summed E-state index contributed by atoms with van der Waals surface area (Å²) in [6, 6.07) is 0. The number of aliphatic hydroxyl groups excluding tert-OH is 1. The van der Waals surface area contributed by atoms with Gasteiger partial charge in [-0.3, -0.25) is 4.79 Å². The number of carbonyl (C=O) groups is 1. The SMILES string of the molecule is C[C@]12CC=C(CC(=O)O)C[C@@H]1CC[C@@H]1[C@H]2CC[C@@]2(C)[C@@H]1CC[C@@H]2O. The molecule has 4 aliphatic carbocycles. The molecule has 0 heterocycles. The molecule has 3 saturated carbocycles. The lowest BCUT2D eigenvalue weighted by molar-refractivity contribution is -0.136. The number of aliphatic hydroxyl groups is 1. The molecule has 0 aromatic carbocycles. The zero-order chi connectivity index (χ0) is 17.1. The van der Waals surface area contributed by atoms with Gasteiger partial charge >= 0.3 is 5.97 Å². The van der Waals surface area contributed by atoms with Crippen LogP contribution in [0, 0.1) is 34.5 Å². The fourth-order valence-corrected chi connectivity index (χ4v) is 7.26. The summed E-state index contributed by atoms with van der Waals surface area (Å²) in [5.74, 6) is 2.22. The van der Waals surface area contributed by atoms with Gasteiger partial charge in [-0.2, -0.15) is 0 Å². The summed E-state index contributed by atoms with van der Waals surface area (Å²) < 4.78 is 0. The maximum Gasteiger partial charge on any atom is 0.307 e. The number of fused-ring (bicyclic) bond motifs is 5. The van der Waals surface area contributed by atoms with Gasteiger partial charge < -0.3 is 10.2 Å². The van der Waals surface area contributed by atoms with Crippen molar-refractivity contribution in [1.29, 1.82) is 0 Å². The van der Waals surface area contributed by atoms with Crippen LogP contribution in [0.15, 0.2) is 11.6 Å². The molecule has 134 valence electrons. The molecule has 0 bridgehead atoms. The summed E-state index contributed by atoms with van der Waals surface area (Å²) in [6.07, 6.45) is 11.6. The molecule has 4 rings (SSSR count). The van der Waals surface area contributed by atoms with Gasteiger partial charge in [-0.15, -0.1) is 0 Å². The lowest BCUT2D eigenvalue weighted by Gasteiger charge is -2.59. The maximum atomic E-state index is 11.1. The molecular formula is C21H32O3. The van der Waals surface area contributed by atoms with Crippen LogP contribution in [0.2, 0.25) is 0 Å². The van der Waals surface area contributed by atoms with E-state index in [1.807, 2.05) is 0 Å². The summed E-state index contributed by atoms with van der Waals surface area (Å²) in [4.78, 5) is 11.1. The van der Waals surface area contributed by atoms with Crippen LogP contribution in [0.4, 0.5) is 0 Å². The normalized spacial score (nSPS) is 50.5. The number of carboxylic acids is 1. The molecule has 0 saturated heterocycles. The van der Waals surface area contributed by atoms with Crippen molar-refractivity contribution in [3.05, 3.63) is 11.6 Å². The van der Waals surface area contributed by atoms with Crippen LogP contribution in [-0.4, -0.2) is 22.3 Å². The quantitative estimate of drug-likeness (QED) is 0.737. The summed E-state index contributed by atoms with van der Waals surface area (Å²) in [7, 11) is 0. The van der Waals surface area contributed by atoms with E-state index >= 15 is 0 Å². The first-order valence-electron chi connectivity index (χ1n) is 9.92. The van der Waals surface area contributed by atoms with Crippen molar-refractivity contribution in [2.45, 2.75) is 77.7 Å². The van der Waals surface area contributed by atoms with E-state index in [1.54, 1.807) is 0 Å². The summed E-state index contributed by atoms with van der Waals surface area (Å²) in [5.41, 5.74) is 1.66. The predicted octanol–water partition coefficient (Wildman–Crippen LogP) is 4.40. The lowest BCUT2D eigenvalue weighted by Crippen LogP contribution is -2.53. The molecule has 0 amide bonds. The third-order valence-corrected chi connectivity index (χ3v) is 8.73. The minimum absolute atomic E-state index is 0.0950. The average molecular weight is 332 g/mol. The van der Waals surface area contributed by atoms with Crippen molar-refractivity contribution >= 4 is 5.97 Å². The Bertz CT molecular complexity index is 567. The van der Waals surface area contributed by atoms with Crippen LogP contribution >= 0.6 is 0 Å². The number of aliphatic carboxylic acids is 1. The van der Waals surface area contributed by atoms with Crippen molar-refractivity contribution in [1.82, 2.24) is 0 Å². The second-order valence-corrected chi connectivity index (χ2v) is 9.64. The van der Waals surface area contributed by atoms with Crippen LogP contribution in [0.1, 0.15) is 71.6 Å². The Hall–Kier alpha value is -0.830. The smallest absolute Gasteiger partial charge is 0.307 e. The largest absolute Gasteiger partial charge is 0.481 e. The van der Waals surface area contributed by atoms with Gasteiger partial charge in [-0.25, -0.2) is 0 Å². The van der Waals surface area contributed by atoms with Crippen molar-refractivity contribution in [2.75, 3.05) is 0 Å². The monoisotopic (exact) mass is 332 g/mol. The van der Waals surface area contributed by atoms with Gasteiger partial charge in [-0.05, 0) is 85.9 Å². The minimum Gasteiger partial charge on any atom is -0.481 e. The van der Waals surface area contributed by atoms with E-state index in [1.165, 1.54) is 32.1 Å². The molecule has 0 unspecified atom stereocenters. The van der Waals surface area contributed by atoms with Crippen LogP contribution in [-0.2, 0) is 4.79 Å². The summed E-state index contributed by atoms with van der Waals surface area (Å²) in [6.45, 7) is 4.82. The zero-order valence-electron chi connectivity index (χ0n) is 15.1. The maximum absolute atomic E-state index is 11.1. The highest BCUT2D eigenvalue weighted by Crippen LogP contribution is 2.66. The van der Waals surface area contributed by atoms with E-state index in [0.29, 0.717) is 17.3 Å².